The number of imidazole rings is 1. The average Bonchev–Trinajstić information content (AvgIpc) is 3.12. The van der Waals surface area contributed by atoms with E-state index < -0.39 is 0 Å². The maximum absolute atomic E-state index is 4.62. The van der Waals surface area contributed by atoms with Crippen molar-refractivity contribution in [1.29, 1.82) is 0 Å². The molecule has 0 spiro atoms. The van der Waals surface area contributed by atoms with E-state index in [2.05, 4.69) is 71.8 Å². The first kappa shape index (κ1) is 20.6. The van der Waals surface area contributed by atoms with Crippen LogP contribution in [0.1, 0.15) is 33.6 Å². The highest BCUT2D eigenvalue weighted by Gasteiger charge is 2.24. The lowest BCUT2D eigenvalue weighted by atomic mass is 9.90. The van der Waals surface area contributed by atoms with Crippen molar-refractivity contribution in [3.05, 3.63) is 55.3 Å². The van der Waals surface area contributed by atoms with Crippen molar-refractivity contribution in [2.75, 3.05) is 25.0 Å². The Bertz CT molecular complexity index is 1040. The Hall–Kier alpha value is -2.66. The molecular weight excluding hydrogens is 370 g/mol. The van der Waals surface area contributed by atoms with Gasteiger partial charge in [0.05, 0.1) is 18.2 Å². The van der Waals surface area contributed by atoms with Gasteiger partial charge < -0.3 is 14.8 Å². The van der Waals surface area contributed by atoms with Crippen LogP contribution in [0.25, 0.3) is 22.0 Å². The highest BCUT2D eigenvalue weighted by atomic mass is 15.1. The van der Waals surface area contributed by atoms with Crippen molar-refractivity contribution in [3.8, 4) is 11.3 Å². The van der Waals surface area contributed by atoms with Gasteiger partial charge in [0.2, 0.25) is 0 Å². The number of fused-ring (bicyclic) bond motifs is 1. The SMILES string of the molecule is C=C(Nc1cc2cc(-c3cncn3C)ccc2cn1)C1CCN(CC(C)(C)C)CC1. The first-order valence-corrected chi connectivity index (χ1v) is 10.8. The van der Waals surface area contributed by atoms with Gasteiger partial charge in [-0.15, -0.1) is 0 Å². The van der Waals surface area contributed by atoms with Gasteiger partial charge in [-0.3, -0.25) is 0 Å². The van der Waals surface area contributed by atoms with E-state index in [1.54, 1.807) is 0 Å². The van der Waals surface area contributed by atoms with Gasteiger partial charge in [0.15, 0.2) is 0 Å². The highest BCUT2D eigenvalue weighted by molar-refractivity contribution is 5.88. The summed E-state index contributed by atoms with van der Waals surface area (Å²) in [5.41, 5.74) is 3.70. The van der Waals surface area contributed by atoms with Crippen molar-refractivity contribution < 1.29 is 0 Å². The van der Waals surface area contributed by atoms with Crippen LogP contribution in [-0.2, 0) is 7.05 Å². The van der Waals surface area contributed by atoms with E-state index in [9.17, 15) is 0 Å². The number of nitrogens with zero attached hydrogens (tertiary/aromatic N) is 4. The van der Waals surface area contributed by atoms with Crippen LogP contribution in [0, 0.1) is 11.3 Å². The Balaban J connectivity index is 1.43. The molecular formula is C25H33N5. The summed E-state index contributed by atoms with van der Waals surface area (Å²) < 4.78 is 2.04. The van der Waals surface area contributed by atoms with Gasteiger partial charge >= 0.3 is 0 Å². The Morgan fingerprint density at radius 2 is 1.90 bits per heavy atom. The van der Waals surface area contributed by atoms with E-state index in [4.69, 9.17) is 0 Å². The fraction of sp³-hybridized carbons (Fsp3) is 0.440. The third-order valence-corrected chi connectivity index (χ3v) is 5.90. The first-order chi connectivity index (χ1) is 14.3. The van der Waals surface area contributed by atoms with Crippen molar-refractivity contribution in [2.24, 2.45) is 18.4 Å². The van der Waals surface area contributed by atoms with Gasteiger partial charge in [-0.2, -0.15) is 0 Å². The molecule has 5 heteroatoms. The third kappa shape index (κ3) is 4.73. The molecule has 0 bridgehead atoms. The summed E-state index contributed by atoms with van der Waals surface area (Å²) in [5, 5.41) is 5.79. The number of pyridine rings is 1. The predicted molar refractivity (Wildman–Crippen MR) is 125 cm³/mol. The third-order valence-electron chi connectivity index (χ3n) is 5.90. The average molecular weight is 404 g/mol. The van der Waals surface area contributed by atoms with Crippen LogP contribution < -0.4 is 5.32 Å². The second kappa shape index (κ2) is 8.23. The number of hydrogen-bond donors (Lipinski definition) is 1. The Labute approximate surface area is 179 Å². The molecule has 4 rings (SSSR count). The summed E-state index contributed by atoms with van der Waals surface area (Å²) in [7, 11) is 2.02. The monoisotopic (exact) mass is 403 g/mol. The van der Waals surface area contributed by atoms with E-state index in [-0.39, 0.29) is 0 Å². The highest BCUT2D eigenvalue weighted by Crippen LogP contribution is 2.29. The van der Waals surface area contributed by atoms with Crippen LogP contribution >= 0.6 is 0 Å². The molecule has 0 unspecified atom stereocenters. The minimum Gasteiger partial charge on any atom is -0.344 e. The molecule has 2 aromatic heterocycles. The van der Waals surface area contributed by atoms with E-state index in [1.165, 1.54) is 5.39 Å². The van der Waals surface area contributed by atoms with E-state index in [0.717, 1.165) is 60.6 Å². The standard InChI is InChI=1S/C25H33N5/c1-18(19-8-10-30(11-9-19)16-25(2,3)4)28-24-13-22-12-20(6-7-21(22)14-27-24)23-15-26-17-29(23)5/h6-7,12-15,17,19H,1,8-11,16H2,2-5H3,(H,27,28). The quantitative estimate of drug-likeness (QED) is 0.626. The maximum atomic E-state index is 4.62. The molecule has 1 N–H and O–H groups in total. The zero-order chi connectivity index (χ0) is 21.3. The lowest BCUT2D eigenvalue weighted by molar-refractivity contribution is 0.146. The molecule has 158 valence electrons. The van der Waals surface area contributed by atoms with Crippen LogP contribution in [-0.4, -0.2) is 39.1 Å². The molecule has 0 saturated carbocycles. The number of benzene rings is 1. The van der Waals surface area contributed by atoms with Gasteiger partial charge in [0.1, 0.15) is 5.82 Å². The summed E-state index contributed by atoms with van der Waals surface area (Å²) >= 11 is 0. The number of hydrogen-bond acceptors (Lipinski definition) is 4. The van der Waals surface area contributed by atoms with Crippen molar-refractivity contribution >= 4 is 16.6 Å². The number of rotatable bonds is 5. The molecule has 0 aliphatic carbocycles. The number of nitrogens with one attached hydrogen (secondary N) is 1. The summed E-state index contributed by atoms with van der Waals surface area (Å²) in [6.07, 6.45) is 7.97. The van der Waals surface area contributed by atoms with E-state index >= 15 is 0 Å². The zero-order valence-electron chi connectivity index (χ0n) is 18.7. The molecule has 1 aromatic carbocycles. The zero-order valence-corrected chi connectivity index (χ0v) is 18.7. The van der Waals surface area contributed by atoms with Gasteiger partial charge in [-0.25, -0.2) is 9.97 Å². The van der Waals surface area contributed by atoms with Crippen molar-refractivity contribution in [2.45, 2.75) is 33.6 Å². The number of piperidine rings is 1. The molecule has 3 aromatic rings. The molecule has 30 heavy (non-hydrogen) atoms. The molecule has 3 heterocycles. The number of allylic oxidation sites excluding steroid dienone is 1. The van der Waals surface area contributed by atoms with E-state index in [0.29, 0.717) is 11.3 Å². The fourth-order valence-corrected chi connectivity index (χ4v) is 4.38. The van der Waals surface area contributed by atoms with Crippen LogP contribution in [0.3, 0.4) is 0 Å². The normalized spacial score (nSPS) is 16.1. The summed E-state index contributed by atoms with van der Waals surface area (Å²) in [5.74, 6) is 1.37. The molecule has 1 aliphatic heterocycles. The number of aromatic nitrogens is 3. The summed E-state index contributed by atoms with van der Waals surface area (Å²) in [6, 6.07) is 8.56. The number of anilines is 1. The number of aryl methyl sites for hydroxylation is 1. The second-order valence-corrected chi connectivity index (χ2v) is 9.78. The molecule has 0 atom stereocenters. The summed E-state index contributed by atoms with van der Waals surface area (Å²) in [4.78, 5) is 11.4. The smallest absolute Gasteiger partial charge is 0.130 e. The first-order valence-electron chi connectivity index (χ1n) is 10.8. The lowest BCUT2D eigenvalue weighted by Crippen LogP contribution is -2.39. The molecule has 1 fully saturated rings. The maximum Gasteiger partial charge on any atom is 0.130 e. The molecule has 1 saturated heterocycles. The van der Waals surface area contributed by atoms with Gasteiger partial charge in [0, 0.05) is 42.4 Å². The molecule has 0 amide bonds. The van der Waals surface area contributed by atoms with Gasteiger partial charge in [0.25, 0.3) is 0 Å². The van der Waals surface area contributed by atoms with Crippen LogP contribution in [0.2, 0.25) is 0 Å². The van der Waals surface area contributed by atoms with Gasteiger partial charge in [-0.05, 0) is 48.9 Å². The topological polar surface area (TPSA) is 46.0 Å². The predicted octanol–water partition coefficient (Wildman–Crippen LogP) is 5.32. The Morgan fingerprint density at radius 1 is 1.13 bits per heavy atom. The Morgan fingerprint density at radius 3 is 2.57 bits per heavy atom. The van der Waals surface area contributed by atoms with Crippen molar-refractivity contribution in [1.82, 2.24) is 19.4 Å². The molecule has 1 aliphatic rings. The fourth-order valence-electron chi connectivity index (χ4n) is 4.38. The molecule has 0 radical (unpaired) electrons. The minimum atomic E-state index is 0.353. The lowest BCUT2D eigenvalue weighted by Gasteiger charge is -2.36. The minimum absolute atomic E-state index is 0.353. The second-order valence-electron chi connectivity index (χ2n) is 9.78. The van der Waals surface area contributed by atoms with Crippen molar-refractivity contribution in [3.63, 3.8) is 0 Å². The van der Waals surface area contributed by atoms with Crippen LogP contribution in [0.15, 0.2) is 55.3 Å². The van der Waals surface area contributed by atoms with E-state index in [1.807, 2.05) is 30.3 Å². The largest absolute Gasteiger partial charge is 0.344 e. The number of likely N-dealkylation sites (tertiary alicyclic amines) is 1. The Kier molecular flexibility index (Phi) is 5.65. The molecule has 5 nitrogen and oxygen atoms in total. The van der Waals surface area contributed by atoms with Crippen LogP contribution in [0.5, 0.6) is 0 Å². The summed E-state index contributed by atoms with van der Waals surface area (Å²) in [6.45, 7) is 14.7. The van der Waals surface area contributed by atoms with Crippen LogP contribution in [0.4, 0.5) is 5.82 Å². The van der Waals surface area contributed by atoms with Gasteiger partial charge in [-0.1, -0.05) is 39.5 Å².